The van der Waals surface area contributed by atoms with Gasteiger partial charge in [0, 0.05) is 5.02 Å². The minimum atomic E-state index is -0.947. The predicted octanol–water partition coefficient (Wildman–Crippen LogP) is 1.43. The maximum Gasteiger partial charge on any atom is 0.102 e. The van der Waals surface area contributed by atoms with E-state index in [2.05, 4.69) is 0 Å². The standard InChI is InChI=1S/C11H14ClNO2.ClH/c12-8-4-2-1-3-7(8)11(13)6-5-9(14)10(11)15;/h1-4,9-10,14-15H,5-6,13H2;1H. The summed E-state index contributed by atoms with van der Waals surface area (Å²) in [5.41, 5.74) is 5.91. The van der Waals surface area contributed by atoms with Gasteiger partial charge in [0.1, 0.15) is 6.10 Å². The number of nitrogens with two attached hydrogens (primary N) is 1. The first-order valence-electron chi connectivity index (χ1n) is 4.96. The first kappa shape index (κ1) is 13.7. The van der Waals surface area contributed by atoms with E-state index in [1.165, 1.54) is 0 Å². The van der Waals surface area contributed by atoms with Gasteiger partial charge in [-0.15, -0.1) is 12.4 Å². The van der Waals surface area contributed by atoms with E-state index in [-0.39, 0.29) is 12.4 Å². The van der Waals surface area contributed by atoms with Gasteiger partial charge in [-0.1, -0.05) is 29.8 Å². The molecule has 90 valence electrons. The van der Waals surface area contributed by atoms with Gasteiger partial charge in [-0.2, -0.15) is 0 Å². The van der Waals surface area contributed by atoms with Gasteiger partial charge in [0.2, 0.25) is 0 Å². The summed E-state index contributed by atoms with van der Waals surface area (Å²) < 4.78 is 0. The lowest BCUT2D eigenvalue weighted by molar-refractivity contribution is 0.00938. The van der Waals surface area contributed by atoms with Crippen molar-refractivity contribution in [1.29, 1.82) is 0 Å². The maximum absolute atomic E-state index is 9.86. The lowest BCUT2D eigenvalue weighted by Crippen LogP contribution is -2.47. The Morgan fingerprint density at radius 3 is 2.44 bits per heavy atom. The molecule has 5 heteroatoms. The Hall–Kier alpha value is -0.320. The maximum atomic E-state index is 9.86. The Kier molecular flexibility index (Phi) is 4.21. The molecule has 0 radical (unpaired) electrons. The molecule has 1 saturated carbocycles. The lowest BCUT2D eigenvalue weighted by atomic mass is 9.87. The molecule has 2 rings (SSSR count). The molecule has 0 heterocycles. The largest absolute Gasteiger partial charge is 0.390 e. The fourth-order valence-electron chi connectivity index (χ4n) is 2.17. The van der Waals surface area contributed by atoms with E-state index >= 15 is 0 Å². The Labute approximate surface area is 106 Å². The number of aliphatic hydroxyl groups is 2. The van der Waals surface area contributed by atoms with Crippen LogP contribution in [0.15, 0.2) is 24.3 Å². The molecule has 0 saturated heterocycles. The predicted molar refractivity (Wildman–Crippen MR) is 65.8 cm³/mol. The van der Waals surface area contributed by atoms with Crippen molar-refractivity contribution in [2.45, 2.75) is 30.6 Å². The first-order valence-corrected chi connectivity index (χ1v) is 5.33. The molecule has 3 nitrogen and oxygen atoms in total. The smallest absolute Gasteiger partial charge is 0.102 e. The monoisotopic (exact) mass is 263 g/mol. The van der Waals surface area contributed by atoms with Crippen LogP contribution in [-0.4, -0.2) is 22.4 Å². The van der Waals surface area contributed by atoms with Crippen LogP contribution in [0.5, 0.6) is 0 Å². The van der Waals surface area contributed by atoms with Crippen molar-refractivity contribution in [1.82, 2.24) is 0 Å². The van der Waals surface area contributed by atoms with Crippen LogP contribution in [0, 0.1) is 0 Å². The highest BCUT2D eigenvalue weighted by atomic mass is 35.5. The van der Waals surface area contributed by atoms with Gasteiger partial charge in [-0.25, -0.2) is 0 Å². The summed E-state index contributed by atoms with van der Waals surface area (Å²) in [7, 11) is 0. The van der Waals surface area contributed by atoms with Crippen molar-refractivity contribution in [3.63, 3.8) is 0 Å². The summed E-state index contributed by atoms with van der Waals surface area (Å²) in [6.07, 6.45) is -0.661. The third kappa shape index (κ3) is 2.06. The number of rotatable bonds is 1. The Morgan fingerprint density at radius 2 is 1.94 bits per heavy atom. The van der Waals surface area contributed by atoms with Crippen molar-refractivity contribution in [3.05, 3.63) is 34.9 Å². The molecule has 0 bridgehead atoms. The fourth-order valence-corrected chi connectivity index (χ4v) is 2.48. The van der Waals surface area contributed by atoms with Crippen LogP contribution < -0.4 is 5.73 Å². The molecule has 0 spiro atoms. The topological polar surface area (TPSA) is 66.5 Å². The minimum absolute atomic E-state index is 0. The lowest BCUT2D eigenvalue weighted by Gasteiger charge is -2.30. The highest BCUT2D eigenvalue weighted by Gasteiger charge is 2.46. The molecule has 0 amide bonds. The molecule has 16 heavy (non-hydrogen) atoms. The highest BCUT2D eigenvalue weighted by molar-refractivity contribution is 6.31. The quantitative estimate of drug-likeness (QED) is 0.718. The third-order valence-electron chi connectivity index (χ3n) is 3.12. The van der Waals surface area contributed by atoms with Gasteiger partial charge < -0.3 is 15.9 Å². The molecule has 3 atom stereocenters. The van der Waals surface area contributed by atoms with Crippen molar-refractivity contribution in [2.24, 2.45) is 5.73 Å². The number of hydrogen-bond donors (Lipinski definition) is 3. The van der Waals surface area contributed by atoms with Gasteiger partial charge in [-0.05, 0) is 24.5 Å². The number of benzene rings is 1. The van der Waals surface area contributed by atoms with Gasteiger partial charge in [-0.3, -0.25) is 0 Å². The summed E-state index contributed by atoms with van der Waals surface area (Å²) in [6, 6.07) is 7.17. The second-order valence-corrected chi connectivity index (χ2v) is 4.48. The normalized spacial score (nSPS) is 33.5. The number of halogens is 2. The zero-order chi connectivity index (χ0) is 11.1. The van der Waals surface area contributed by atoms with Gasteiger partial charge >= 0.3 is 0 Å². The average Bonchev–Trinajstić information content (AvgIpc) is 2.48. The number of hydrogen-bond acceptors (Lipinski definition) is 3. The van der Waals surface area contributed by atoms with Crippen LogP contribution in [0.1, 0.15) is 18.4 Å². The molecule has 1 aliphatic rings. The molecule has 1 aliphatic carbocycles. The van der Waals surface area contributed by atoms with Crippen LogP contribution in [0.3, 0.4) is 0 Å². The van der Waals surface area contributed by atoms with E-state index in [9.17, 15) is 10.2 Å². The SMILES string of the molecule is Cl.NC1(c2ccccc2Cl)CCC(O)C1O. The van der Waals surface area contributed by atoms with Crippen LogP contribution in [0.4, 0.5) is 0 Å². The molecule has 1 fully saturated rings. The Balaban J connectivity index is 0.00000128. The van der Waals surface area contributed by atoms with Crippen LogP contribution in [0.2, 0.25) is 5.02 Å². The van der Waals surface area contributed by atoms with E-state index in [0.29, 0.717) is 23.4 Å². The second kappa shape index (κ2) is 4.90. The van der Waals surface area contributed by atoms with Gasteiger partial charge in [0.15, 0.2) is 0 Å². The zero-order valence-electron chi connectivity index (χ0n) is 8.64. The minimum Gasteiger partial charge on any atom is -0.390 e. The number of aliphatic hydroxyl groups excluding tert-OH is 2. The van der Waals surface area contributed by atoms with E-state index in [4.69, 9.17) is 17.3 Å². The molecule has 4 N–H and O–H groups in total. The van der Waals surface area contributed by atoms with Crippen LogP contribution >= 0.6 is 24.0 Å². The molecular weight excluding hydrogens is 249 g/mol. The summed E-state index contributed by atoms with van der Waals surface area (Å²) in [6.45, 7) is 0. The highest BCUT2D eigenvalue weighted by Crippen LogP contribution is 2.39. The van der Waals surface area contributed by atoms with Crippen LogP contribution in [-0.2, 0) is 5.54 Å². The van der Waals surface area contributed by atoms with Crippen molar-refractivity contribution in [2.75, 3.05) is 0 Å². The molecular formula is C11H15Cl2NO2. The van der Waals surface area contributed by atoms with E-state index in [1.807, 2.05) is 12.1 Å². The van der Waals surface area contributed by atoms with Gasteiger partial charge in [0.05, 0.1) is 11.6 Å². The fraction of sp³-hybridized carbons (Fsp3) is 0.455. The average molecular weight is 264 g/mol. The molecule has 1 aromatic rings. The molecule has 0 aliphatic heterocycles. The summed E-state index contributed by atoms with van der Waals surface area (Å²) in [5.74, 6) is 0. The van der Waals surface area contributed by atoms with Crippen molar-refractivity contribution < 1.29 is 10.2 Å². The van der Waals surface area contributed by atoms with Crippen LogP contribution in [0.25, 0.3) is 0 Å². The Morgan fingerprint density at radius 1 is 1.31 bits per heavy atom. The van der Waals surface area contributed by atoms with Crippen molar-refractivity contribution in [3.8, 4) is 0 Å². The first-order chi connectivity index (χ1) is 7.05. The van der Waals surface area contributed by atoms with Crippen molar-refractivity contribution >= 4 is 24.0 Å². The molecule has 1 aromatic carbocycles. The molecule has 0 aromatic heterocycles. The zero-order valence-corrected chi connectivity index (χ0v) is 10.2. The second-order valence-electron chi connectivity index (χ2n) is 4.07. The van der Waals surface area contributed by atoms with E-state index in [0.717, 1.165) is 0 Å². The van der Waals surface area contributed by atoms with E-state index < -0.39 is 17.7 Å². The Bertz CT molecular complexity index is 375. The van der Waals surface area contributed by atoms with E-state index in [1.54, 1.807) is 12.1 Å². The van der Waals surface area contributed by atoms with Gasteiger partial charge in [0.25, 0.3) is 0 Å². The third-order valence-corrected chi connectivity index (χ3v) is 3.45. The summed E-state index contributed by atoms with van der Waals surface area (Å²) >= 11 is 6.03. The molecule has 3 unspecified atom stereocenters. The summed E-state index contributed by atoms with van der Waals surface area (Å²) in [5, 5.41) is 19.9. The summed E-state index contributed by atoms with van der Waals surface area (Å²) in [4.78, 5) is 0.